The second kappa shape index (κ2) is 7.84. The van der Waals surface area contributed by atoms with Gasteiger partial charge in [0.25, 0.3) is 0 Å². The van der Waals surface area contributed by atoms with E-state index in [-0.39, 0.29) is 5.78 Å². The summed E-state index contributed by atoms with van der Waals surface area (Å²) in [5.74, 6) is 1.17. The maximum atomic E-state index is 12.3. The predicted molar refractivity (Wildman–Crippen MR) is 105 cm³/mol. The van der Waals surface area contributed by atoms with Gasteiger partial charge in [-0.25, -0.2) is 0 Å². The zero-order valence-corrected chi connectivity index (χ0v) is 16.0. The fraction of sp³-hybridized carbons (Fsp3) is 0.167. The van der Waals surface area contributed by atoms with Crippen LogP contribution in [0.5, 0.6) is 0 Å². The summed E-state index contributed by atoms with van der Waals surface area (Å²) in [5, 5.41) is 9.27. The Morgan fingerprint density at radius 2 is 1.80 bits per heavy atom. The Hall–Kier alpha value is -2.12. The minimum atomic E-state index is 0.0668. The van der Waals surface area contributed by atoms with Gasteiger partial charge in [0.2, 0.25) is 0 Å². The molecule has 0 spiro atoms. The number of nitrogens with two attached hydrogens (primary N) is 1. The number of carbonyl (C=O) groups excluding carboxylic acids is 1. The molecule has 1 heterocycles. The van der Waals surface area contributed by atoms with Crippen molar-refractivity contribution >= 4 is 39.2 Å². The molecule has 0 atom stereocenters. The quantitative estimate of drug-likeness (QED) is 0.368. The highest BCUT2D eigenvalue weighted by molar-refractivity contribution is 9.10. The van der Waals surface area contributed by atoms with Crippen molar-refractivity contribution in [2.24, 2.45) is 0 Å². The third-order valence-corrected chi connectivity index (χ3v) is 5.20. The van der Waals surface area contributed by atoms with Crippen molar-refractivity contribution in [1.29, 1.82) is 0 Å². The van der Waals surface area contributed by atoms with Crippen molar-refractivity contribution in [2.45, 2.75) is 18.6 Å². The largest absolute Gasteiger partial charge is 0.399 e. The van der Waals surface area contributed by atoms with E-state index in [2.05, 4.69) is 26.1 Å². The molecule has 0 aliphatic heterocycles. The van der Waals surface area contributed by atoms with Gasteiger partial charge in [-0.1, -0.05) is 39.8 Å². The van der Waals surface area contributed by atoms with Gasteiger partial charge in [-0.3, -0.25) is 4.79 Å². The molecule has 1 aromatic heterocycles. The first-order chi connectivity index (χ1) is 12.1. The van der Waals surface area contributed by atoms with E-state index in [0.29, 0.717) is 17.0 Å². The highest BCUT2D eigenvalue weighted by Gasteiger charge is 2.15. The Morgan fingerprint density at radius 1 is 1.12 bits per heavy atom. The number of nitrogens with zero attached hydrogens (tertiary/aromatic N) is 3. The first-order valence-corrected chi connectivity index (χ1v) is 9.57. The van der Waals surface area contributed by atoms with Crippen LogP contribution in [-0.4, -0.2) is 26.3 Å². The fourth-order valence-corrected chi connectivity index (χ4v) is 3.54. The van der Waals surface area contributed by atoms with Gasteiger partial charge in [0.05, 0.1) is 5.75 Å². The van der Waals surface area contributed by atoms with Crippen molar-refractivity contribution in [1.82, 2.24) is 14.8 Å². The van der Waals surface area contributed by atoms with Crippen molar-refractivity contribution in [2.75, 3.05) is 11.5 Å². The second-order valence-corrected chi connectivity index (χ2v) is 7.25. The molecule has 0 fully saturated rings. The number of halogens is 1. The molecule has 2 aromatic carbocycles. The summed E-state index contributed by atoms with van der Waals surface area (Å²) < 4.78 is 2.96. The molecule has 0 bridgehead atoms. The fourth-order valence-electron chi connectivity index (χ4n) is 2.38. The maximum Gasteiger partial charge on any atom is 0.191 e. The van der Waals surface area contributed by atoms with Gasteiger partial charge in [0.1, 0.15) is 0 Å². The Morgan fingerprint density at radius 3 is 2.44 bits per heavy atom. The number of Topliss-reactive ketones (excluding diaryl/α,β-unsaturated/α-hetero) is 1. The summed E-state index contributed by atoms with van der Waals surface area (Å²) in [6.07, 6.45) is 0. The smallest absolute Gasteiger partial charge is 0.191 e. The van der Waals surface area contributed by atoms with Gasteiger partial charge >= 0.3 is 0 Å². The number of anilines is 1. The van der Waals surface area contributed by atoms with E-state index in [1.54, 1.807) is 0 Å². The lowest BCUT2D eigenvalue weighted by Gasteiger charge is -2.07. The van der Waals surface area contributed by atoms with Crippen molar-refractivity contribution in [3.05, 3.63) is 58.6 Å². The lowest BCUT2D eigenvalue weighted by molar-refractivity contribution is 0.102. The number of hydrogen-bond donors (Lipinski definition) is 1. The van der Waals surface area contributed by atoms with Gasteiger partial charge in [0.15, 0.2) is 16.8 Å². The van der Waals surface area contributed by atoms with Crippen LogP contribution in [0.2, 0.25) is 0 Å². The summed E-state index contributed by atoms with van der Waals surface area (Å²) in [6, 6.07) is 14.9. The molecule has 7 heteroatoms. The highest BCUT2D eigenvalue weighted by atomic mass is 79.9. The van der Waals surface area contributed by atoms with Crippen LogP contribution in [0.3, 0.4) is 0 Å². The molecular weight excluding hydrogens is 400 g/mol. The minimum Gasteiger partial charge on any atom is -0.399 e. The Labute approximate surface area is 158 Å². The molecule has 0 saturated heterocycles. The lowest BCUT2D eigenvalue weighted by Crippen LogP contribution is -2.05. The average Bonchev–Trinajstić information content (AvgIpc) is 3.04. The standard InChI is InChI=1S/C18H17BrN4OS/c1-2-23-17(13-5-9-15(20)10-6-13)21-22-18(23)25-11-16(24)12-3-7-14(19)8-4-12/h3-10H,2,11,20H2,1H3. The summed E-state index contributed by atoms with van der Waals surface area (Å²) in [6.45, 7) is 2.76. The first-order valence-electron chi connectivity index (χ1n) is 7.79. The van der Waals surface area contributed by atoms with Crippen molar-refractivity contribution < 1.29 is 4.79 Å². The molecule has 0 unspecified atom stereocenters. The molecule has 0 aliphatic carbocycles. The molecule has 25 heavy (non-hydrogen) atoms. The summed E-state index contributed by atoms with van der Waals surface area (Å²) >= 11 is 4.77. The predicted octanol–water partition coefficient (Wildman–Crippen LogP) is 4.28. The monoisotopic (exact) mass is 416 g/mol. The zero-order valence-electron chi connectivity index (χ0n) is 13.6. The number of thioether (sulfide) groups is 1. The van der Waals surface area contributed by atoms with E-state index in [1.165, 1.54) is 11.8 Å². The summed E-state index contributed by atoms with van der Waals surface area (Å²) in [4.78, 5) is 12.3. The van der Waals surface area contributed by atoms with Crippen LogP contribution in [0.4, 0.5) is 5.69 Å². The number of nitrogen functional groups attached to an aromatic ring is 1. The molecule has 3 rings (SSSR count). The molecule has 5 nitrogen and oxygen atoms in total. The molecule has 0 aliphatic rings. The van der Waals surface area contributed by atoms with Crippen LogP contribution in [0.25, 0.3) is 11.4 Å². The Balaban J connectivity index is 1.76. The maximum absolute atomic E-state index is 12.3. The van der Waals surface area contributed by atoms with Crippen LogP contribution in [0.15, 0.2) is 58.2 Å². The number of carbonyl (C=O) groups is 1. The zero-order chi connectivity index (χ0) is 17.8. The van der Waals surface area contributed by atoms with Crippen molar-refractivity contribution in [3.63, 3.8) is 0 Å². The van der Waals surface area contributed by atoms with E-state index in [4.69, 9.17) is 5.73 Å². The summed E-state index contributed by atoms with van der Waals surface area (Å²) in [7, 11) is 0. The third-order valence-electron chi connectivity index (χ3n) is 3.70. The van der Waals surface area contributed by atoms with E-state index in [9.17, 15) is 4.79 Å². The van der Waals surface area contributed by atoms with Gasteiger partial charge < -0.3 is 10.3 Å². The Bertz CT molecular complexity index is 875. The molecule has 0 saturated carbocycles. The van der Waals surface area contributed by atoms with Crippen LogP contribution in [-0.2, 0) is 6.54 Å². The number of benzene rings is 2. The van der Waals surface area contributed by atoms with Gasteiger partial charge in [-0.05, 0) is 43.3 Å². The molecule has 2 N–H and O–H groups in total. The number of aromatic nitrogens is 3. The number of hydrogen-bond acceptors (Lipinski definition) is 5. The van der Waals surface area contributed by atoms with E-state index < -0.39 is 0 Å². The van der Waals surface area contributed by atoms with Crippen LogP contribution in [0.1, 0.15) is 17.3 Å². The first kappa shape index (κ1) is 17.7. The summed E-state index contributed by atoms with van der Waals surface area (Å²) in [5.41, 5.74) is 8.09. The number of ketones is 1. The van der Waals surface area contributed by atoms with Gasteiger partial charge in [-0.15, -0.1) is 10.2 Å². The SMILES string of the molecule is CCn1c(SCC(=O)c2ccc(Br)cc2)nnc1-c1ccc(N)cc1. The number of rotatable bonds is 6. The normalized spacial score (nSPS) is 10.8. The van der Waals surface area contributed by atoms with E-state index in [1.807, 2.05) is 60.0 Å². The highest BCUT2D eigenvalue weighted by Crippen LogP contribution is 2.25. The van der Waals surface area contributed by atoms with Gasteiger partial charge in [0, 0.05) is 27.8 Å². The molecule has 0 amide bonds. The van der Waals surface area contributed by atoms with Crippen LogP contribution < -0.4 is 5.73 Å². The average molecular weight is 417 g/mol. The van der Waals surface area contributed by atoms with Crippen molar-refractivity contribution in [3.8, 4) is 11.4 Å². The lowest BCUT2D eigenvalue weighted by atomic mass is 10.2. The second-order valence-electron chi connectivity index (χ2n) is 5.39. The Kier molecular flexibility index (Phi) is 5.55. The van der Waals surface area contributed by atoms with Crippen LogP contribution >= 0.6 is 27.7 Å². The van der Waals surface area contributed by atoms with Gasteiger partial charge in [-0.2, -0.15) is 0 Å². The topological polar surface area (TPSA) is 73.8 Å². The molecule has 0 radical (unpaired) electrons. The minimum absolute atomic E-state index is 0.0668. The van der Waals surface area contributed by atoms with E-state index >= 15 is 0 Å². The molecule has 3 aromatic rings. The third kappa shape index (κ3) is 4.11. The molecule has 128 valence electrons. The molecular formula is C18H17BrN4OS. The van der Waals surface area contributed by atoms with E-state index in [0.717, 1.165) is 27.6 Å². The van der Waals surface area contributed by atoms with Crippen LogP contribution in [0, 0.1) is 0 Å².